The molecule has 1 heterocycles. The van der Waals surface area contributed by atoms with Gasteiger partial charge in [-0.25, -0.2) is 4.79 Å². The van der Waals surface area contributed by atoms with Crippen LogP contribution in [0.5, 0.6) is 0 Å². The molecule has 6 heteroatoms. The smallest absolute Gasteiger partial charge is 0.410 e. The van der Waals surface area contributed by atoms with Crippen LogP contribution in [0.3, 0.4) is 0 Å². The molecule has 0 bridgehead atoms. The maximum atomic E-state index is 11.8. The molecule has 1 fully saturated rings. The van der Waals surface area contributed by atoms with Gasteiger partial charge in [0.05, 0.1) is 31.9 Å². The number of ether oxygens (including phenoxy) is 2. The zero-order valence-electron chi connectivity index (χ0n) is 10.7. The third-order valence-corrected chi connectivity index (χ3v) is 2.43. The highest BCUT2D eigenvalue weighted by molar-refractivity contribution is 5.68. The summed E-state index contributed by atoms with van der Waals surface area (Å²) in [6.07, 6.45) is -0.697. The van der Waals surface area contributed by atoms with Gasteiger partial charge in [0, 0.05) is 6.54 Å². The number of carbonyl (C=O) groups excluding carboxylic acids is 1. The summed E-state index contributed by atoms with van der Waals surface area (Å²) in [5, 5.41) is 8.96. The van der Waals surface area contributed by atoms with Crippen LogP contribution in [0.2, 0.25) is 0 Å². The molecule has 1 amide bonds. The first-order chi connectivity index (χ1) is 7.83. The summed E-state index contributed by atoms with van der Waals surface area (Å²) in [7, 11) is 0. The third-order valence-electron chi connectivity index (χ3n) is 2.43. The standard InChI is InChI=1S/C11H22N2O4/c1-11(2,3)17-10(15)13-4-5-16-9(6-13)8(12)7-14/h8-9,14H,4-7,12H2,1-3H3. The second kappa shape index (κ2) is 5.66. The van der Waals surface area contributed by atoms with Crippen molar-refractivity contribution in [1.82, 2.24) is 4.90 Å². The fourth-order valence-electron chi connectivity index (χ4n) is 1.54. The summed E-state index contributed by atoms with van der Waals surface area (Å²) in [6.45, 7) is 6.57. The number of carbonyl (C=O) groups is 1. The van der Waals surface area contributed by atoms with Crippen LogP contribution >= 0.6 is 0 Å². The number of aliphatic hydroxyl groups is 1. The van der Waals surface area contributed by atoms with E-state index in [4.69, 9.17) is 20.3 Å². The number of nitrogens with two attached hydrogens (primary N) is 1. The van der Waals surface area contributed by atoms with Crippen molar-refractivity contribution in [2.45, 2.75) is 38.5 Å². The molecule has 2 unspecified atom stereocenters. The summed E-state index contributed by atoms with van der Waals surface area (Å²) in [4.78, 5) is 13.4. The molecule has 0 aromatic rings. The van der Waals surface area contributed by atoms with Gasteiger partial charge in [-0.2, -0.15) is 0 Å². The van der Waals surface area contributed by atoms with E-state index in [-0.39, 0.29) is 18.8 Å². The normalized spacial score (nSPS) is 23.4. The Kier molecular flexibility index (Phi) is 4.73. The number of rotatable bonds is 2. The van der Waals surface area contributed by atoms with Gasteiger partial charge in [-0.1, -0.05) is 0 Å². The summed E-state index contributed by atoms with van der Waals surface area (Å²) in [6, 6.07) is -0.472. The van der Waals surface area contributed by atoms with Crippen LogP contribution < -0.4 is 5.73 Å². The molecule has 0 spiro atoms. The molecule has 1 aliphatic heterocycles. The molecular weight excluding hydrogens is 224 g/mol. The molecule has 100 valence electrons. The molecule has 0 aliphatic carbocycles. The van der Waals surface area contributed by atoms with Gasteiger partial charge in [0.15, 0.2) is 0 Å². The average molecular weight is 246 g/mol. The first-order valence-electron chi connectivity index (χ1n) is 5.79. The minimum atomic E-state index is -0.510. The number of amides is 1. The van der Waals surface area contributed by atoms with Crippen LogP contribution in [0.1, 0.15) is 20.8 Å². The predicted molar refractivity (Wildman–Crippen MR) is 62.6 cm³/mol. The zero-order valence-corrected chi connectivity index (χ0v) is 10.7. The van der Waals surface area contributed by atoms with E-state index in [1.807, 2.05) is 20.8 Å². The lowest BCUT2D eigenvalue weighted by atomic mass is 10.1. The number of hydrogen-bond acceptors (Lipinski definition) is 5. The molecule has 1 saturated heterocycles. The molecule has 6 nitrogen and oxygen atoms in total. The van der Waals surface area contributed by atoms with Gasteiger partial charge in [0.2, 0.25) is 0 Å². The number of morpholine rings is 1. The van der Waals surface area contributed by atoms with E-state index < -0.39 is 11.6 Å². The fourth-order valence-corrected chi connectivity index (χ4v) is 1.54. The maximum absolute atomic E-state index is 11.8. The molecule has 1 rings (SSSR count). The van der Waals surface area contributed by atoms with E-state index in [1.54, 1.807) is 4.90 Å². The lowest BCUT2D eigenvalue weighted by Crippen LogP contribution is -2.54. The van der Waals surface area contributed by atoms with Crippen molar-refractivity contribution in [2.75, 3.05) is 26.3 Å². The first-order valence-corrected chi connectivity index (χ1v) is 5.79. The van der Waals surface area contributed by atoms with Crippen LogP contribution in [0.4, 0.5) is 4.79 Å². The molecule has 0 saturated carbocycles. The van der Waals surface area contributed by atoms with E-state index in [0.29, 0.717) is 19.7 Å². The van der Waals surface area contributed by atoms with Gasteiger partial charge in [-0.05, 0) is 20.8 Å². The van der Waals surface area contributed by atoms with E-state index in [9.17, 15) is 4.79 Å². The van der Waals surface area contributed by atoms with Crippen molar-refractivity contribution in [3.8, 4) is 0 Å². The lowest BCUT2D eigenvalue weighted by molar-refractivity contribution is -0.0557. The largest absolute Gasteiger partial charge is 0.444 e. The van der Waals surface area contributed by atoms with Crippen molar-refractivity contribution in [2.24, 2.45) is 5.73 Å². The summed E-state index contributed by atoms with van der Waals surface area (Å²) >= 11 is 0. The number of nitrogens with zero attached hydrogens (tertiary/aromatic N) is 1. The second-order valence-corrected chi connectivity index (χ2v) is 5.18. The number of hydrogen-bond donors (Lipinski definition) is 2. The van der Waals surface area contributed by atoms with Crippen molar-refractivity contribution < 1.29 is 19.4 Å². The van der Waals surface area contributed by atoms with Crippen LogP contribution in [0, 0.1) is 0 Å². The van der Waals surface area contributed by atoms with Gasteiger partial charge in [0.1, 0.15) is 5.60 Å². The lowest BCUT2D eigenvalue weighted by Gasteiger charge is -2.36. The Morgan fingerprint density at radius 3 is 2.82 bits per heavy atom. The van der Waals surface area contributed by atoms with Crippen LogP contribution in [-0.2, 0) is 9.47 Å². The zero-order chi connectivity index (χ0) is 13.1. The minimum absolute atomic E-state index is 0.160. The molecule has 17 heavy (non-hydrogen) atoms. The number of aliphatic hydroxyl groups excluding tert-OH is 1. The van der Waals surface area contributed by atoms with Crippen molar-refractivity contribution in [3.63, 3.8) is 0 Å². The maximum Gasteiger partial charge on any atom is 0.410 e. The predicted octanol–water partition coefficient (Wildman–Crippen LogP) is -0.0581. The summed E-state index contributed by atoms with van der Waals surface area (Å²) in [5.41, 5.74) is 5.17. The Morgan fingerprint density at radius 1 is 1.65 bits per heavy atom. The molecular formula is C11H22N2O4. The highest BCUT2D eigenvalue weighted by atomic mass is 16.6. The molecule has 0 radical (unpaired) electrons. The summed E-state index contributed by atoms with van der Waals surface area (Å²) in [5.74, 6) is 0. The second-order valence-electron chi connectivity index (χ2n) is 5.18. The van der Waals surface area contributed by atoms with Crippen molar-refractivity contribution in [3.05, 3.63) is 0 Å². The Bertz CT molecular complexity index is 265. The van der Waals surface area contributed by atoms with Gasteiger partial charge in [-0.3, -0.25) is 0 Å². The Balaban J connectivity index is 2.52. The van der Waals surface area contributed by atoms with E-state index >= 15 is 0 Å². The fraction of sp³-hybridized carbons (Fsp3) is 0.909. The third kappa shape index (κ3) is 4.49. The Hall–Kier alpha value is -0.850. The van der Waals surface area contributed by atoms with Gasteiger partial charge in [-0.15, -0.1) is 0 Å². The highest BCUT2D eigenvalue weighted by Gasteiger charge is 2.30. The van der Waals surface area contributed by atoms with Gasteiger partial charge in [0.25, 0.3) is 0 Å². The van der Waals surface area contributed by atoms with E-state index in [0.717, 1.165) is 0 Å². The van der Waals surface area contributed by atoms with Gasteiger partial charge < -0.3 is 25.2 Å². The quantitative estimate of drug-likeness (QED) is 0.713. The molecule has 0 aromatic heterocycles. The van der Waals surface area contributed by atoms with Crippen LogP contribution in [0.25, 0.3) is 0 Å². The monoisotopic (exact) mass is 246 g/mol. The molecule has 2 atom stereocenters. The van der Waals surface area contributed by atoms with E-state index in [2.05, 4.69) is 0 Å². The first kappa shape index (κ1) is 14.2. The Morgan fingerprint density at radius 2 is 2.29 bits per heavy atom. The SMILES string of the molecule is CC(C)(C)OC(=O)N1CCOC(C(N)CO)C1. The van der Waals surface area contributed by atoms with E-state index in [1.165, 1.54) is 0 Å². The van der Waals surface area contributed by atoms with Crippen molar-refractivity contribution >= 4 is 6.09 Å². The van der Waals surface area contributed by atoms with Crippen LogP contribution in [-0.4, -0.2) is 60.1 Å². The average Bonchev–Trinajstić information content (AvgIpc) is 2.26. The van der Waals surface area contributed by atoms with Crippen molar-refractivity contribution in [1.29, 1.82) is 0 Å². The molecule has 3 N–H and O–H groups in total. The topological polar surface area (TPSA) is 85.0 Å². The molecule has 0 aromatic carbocycles. The van der Waals surface area contributed by atoms with Crippen LogP contribution in [0.15, 0.2) is 0 Å². The highest BCUT2D eigenvalue weighted by Crippen LogP contribution is 2.13. The minimum Gasteiger partial charge on any atom is -0.444 e. The Labute approximate surface area is 102 Å². The molecule has 1 aliphatic rings. The van der Waals surface area contributed by atoms with Gasteiger partial charge >= 0.3 is 6.09 Å². The summed E-state index contributed by atoms with van der Waals surface area (Å²) < 4.78 is 10.7.